The molecule has 0 radical (unpaired) electrons. The topological polar surface area (TPSA) is 38.3 Å². The van der Waals surface area contributed by atoms with Gasteiger partial charge < -0.3 is 10.1 Å². The summed E-state index contributed by atoms with van der Waals surface area (Å²) in [5.41, 5.74) is 1.17. The lowest BCUT2D eigenvalue weighted by molar-refractivity contribution is -0.131. The Hall–Kier alpha value is -0.870. The minimum atomic E-state index is -0.268. The van der Waals surface area contributed by atoms with Crippen LogP contribution in [0.3, 0.4) is 0 Å². The molecule has 0 aliphatic carbocycles. The first-order valence-electron chi connectivity index (χ1n) is 6.29. The van der Waals surface area contributed by atoms with Crippen LogP contribution in [0, 0.1) is 0 Å². The van der Waals surface area contributed by atoms with Crippen molar-refractivity contribution in [3.63, 3.8) is 0 Å². The van der Waals surface area contributed by atoms with Crippen LogP contribution in [0.25, 0.3) is 0 Å². The molecule has 0 aromatic heterocycles. The largest absolute Gasteiger partial charge is 0.365 e. The molecule has 1 saturated heterocycles. The lowest BCUT2D eigenvalue weighted by Crippen LogP contribution is -2.36. The van der Waals surface area contributed by atoms with Crippen LogP contribution in [0.4, 0.5) is 0 Å². The number of ether oxygens (including phenoxy) is 1. The fourth-order valence-corrected chi connectivity index (χ4v) is 2.55. The van der Waals surface area contributed by atoms with E-state index in [2.05, 4.69) is 21.2 Å². The van der Waals surface area contributed by atoms with Crippen LogP contribution in [0.5, 0.6) is 0 Å². The quantitative estimate of drug-likeness (QED) is 0.868. The first-order valence-corrected chi connectivity index (χ1v) is 7.20. The molecule has 3 unspecified atom stereocenters. The van der Waals surface area contributed by atoms with Gasteiger partial charge in [-0.15, -0.1) is 0 Å². The SMILES string of the molecule is CC1CCC(C(=O)NCC(Br)c2ccccc2)O1. The number of hydrogen-bond donors (Lipinski definition) is 1. The molecular formula is C14H18BrNO2. The fraction of sp³-hybridized carbons (Fsp3) is 0.500. The van der Waals surface area contributed by atoms with Gasteiger partial charge in [-0.25, -0.2) is 0 Å². The molecule has 3 nitrogen and oxygen atoms in total. The number of amides is 1. The smallest absolute Gasteiger partial charge is 0.249 e. The predicted octanol–water partition coefficient (Wildman–Crippen LogP) is 2.81. The number of benzene rings is 1. The van der Waals surface area contributed by atoms with Crippen LogP contribution in [-0.4, -0.2) is 24.7 Å². The van der Waals surface area contributed by atoms with Crippen molar-refractivity contribution < 1.29 is 9.53 Å². The summed E-state index contributed by atoms with van der Waals surface area (Å²) in [6, 6.07) is 10.1. The Labute approximate surface area is 116 Å². The highest BCUT2D eigenvalue weighted by molar-refractivity contribution is 9.09. The van der Waals surface area contributed by atoms with Gasteiger partial charge in [-0.1, -0.05) is 46.3 Å². The van der Waals surface area contributed by atoms with Crippen molar-refractivity contribution in [1.29, 1.82) is 0 Å². The molecule has 1 amide bonds. The maximum Gasteiger partial charge on any atom is 0.249 e. The fourth-order valence-electron chi connectivity index (χ4n) is 2.08. The van der Waals surface area contributed by atoms with E-state index < -0.39 is 0 Å². The van der Waals surface area contributed by atoms with E-state index in [0.717, 1.165) is 12.8 Å². The van der Waals surface area contributed by atoms with Gasteiger partial charge in [0.25, 0.3) is 0 Å². The second kappa shape index (κ2) is 6.34. The number of carbonyl (C=O) groups excluding carboxylic acids is 1. The molecule has 1 aliphatic heterocycles. The standard InChI is InChI=1S/C14H18BrNO2/c1-10-7-8-13(18-10)14(17)16-9-12(15)11-5-3-2-4-6-11/h2-6,10,12-13H,7-9H2,1H3,(H,16,17). The normalized spacial score (nSPS) is 24.8. The number of rotatable bonds is 4. The Morgan fingerprint density at radius 1 is 1.44 bits per heavy atom. The molecule has 0 spiro atoms. The summed E-state index contributed by atoms with van der Waals surface area (Å²) >= 11 is 3.58. The van der Waals surface area contributed by atoms with Gasteiger partial charge in [-0.2, -0.15) is 0 Å². The Kier molecular flexibility index (Phi) is 4.78. The van der Waals surface area contributed by atoms with Crippen molar-refractivity contribution in [2.45, 2.75) is 36.8 Å². The summed E-state index contributed by atoms with van der Waals surface area (Å²) in [5, 5.41) is 2.93. The molecule has 0 saturated carbocycles. The molecule has 1 heterocycles. The molecule has 1 fully saturated rings. The van der Waals surface area contributed by atoms with Crippen molar-refractivity contribution in [3.05, 3.63) is 35.9 Å². The summed E-state index contributed by atoms with van der Waals surface area (Å²) in [6.45, 7) is 2.58. The van der Waals surface area contributed by atoms with Crippen LogP contribution in [0.15, 0.2) is 30.3 Å². The molecule has 4 heteroatoms. The summed E-state index contributed by atoms with van der Waals surface area (Å²) in [6.07, 6.45) is 1.73. The second-order valence-corrected chi connectivity index (χ2v) is 5.74. The van der Waals surface area contributed by atoms with E-state index in [1.807, 2.05) is 37.3 Å². The van der Waals surface area contributed by atoms with Crippen LogP contribution in [-0.2, 0) is 9.53 Å². The van der Waals surface area contributed by atoms with Crippen molar-refractivity contribution in [2.24, 2.45) is 0 Å². The molecule has 2 rings (SSSR count). The lowest BCUT2D eigenvalue weighted by atomic mass is 10.1. The van der Waals surface area contributed by atoms with E-state index in [1.165, 1.54) is 5.56 Å². The maximum absolute atomic E-state index is 11.9. The molecule has 3 atom stereocenters. The molecule has 98 valence electrons. The Morgan fingerprint density at radius 2 is 2.17 bits per heavy atom. The third-order valence-electron chi connectivity index (χ3n) is 3.14. The van der Waals surface area contributed by atoms with Crippen LogP contribution >= 0.6 is 15.9 Å². The zero-order valence-corrected chi connectivity index (χ0v) is 12.0. The molecule has 1 aromatic rings. The van der Waals surface area contributed by atoms with Crippen molar-refractivity contribution in [1.82, 2.24) is 5.32 Å². The van der Waals surface area contributed by atoms with Crippen molar-refractivity contribution in [2.75, 3.05) is 6.54 Å². The summed E-state index contributed by atoms with van der Waals surface area (Å²) in [7, 11) is 0. The molecule has 0 bridgehead atoms. The summed E-state index contributed by atoms with van der Waals surface area (Å²) in [5.74, 6) is -0.000249. The first-order chi connectivity index (χ1) is 8.66. The van der Waals surface area contributed by atoms with E-state index in [-0.39, 0.29) is 22.9 Å². The van der Waals surface area contributed by atoms with E-state index in [4.69, 9.17) is 4.74 Å². The average molecular weight is 312 g/mol. The zero-order valence-electron chi connectivity index (χ0n) is 10.4. The van der Waals surface area contributed by atoms with E-state index >= 15 is 0 Å². The second-order valence-electron chi connectivity index (χ2n) is 4.64. The minimum absolute atomic E-state index is 0.000249. The number of alkyl halides is 1. The molecule has 1 aromatic carbocycles. The third kappa shape index (κ3) is 3.56. The van der Waals surface area contributed by atoms with Crippen molar-refractivity contribution in [3.8, 4) is 0 Å². The van der Waals surface area contributed by atoms with Gasteiger partial charge in [0.2, 0.25) is 5.91 Å². The van der Waals surface area contributed by atoms with Gasteiger partial charge in [0, 0.05) is 6.54 Å². The van der Waals surface area contributed by atoms with Gasteiger partial charge in [-0.05, 0) is 25.3 Å². The summed E-state index contributed by atoms with van der Waals surface area (Å²) in [4.78, 5) is 12.0. The van der Waals surface area contributed by atoms with E-state index in [1.54, 1.807) is 0 Å². The number of halogens is 1. The zero-order chi connectivity index (χ0) is 13.0. The van der Waals surface area contributed by atoms with Gasteiger partial charge in [0.05, 0.1) is 10.9 Å². The molecule has 18 heavy (non-hydrogen) atoms. The van der Waals surface area contributed by atoms with Gasteiger partial charge in [-0.3, -0.25) is 4.79 Å². The first kappa shape index (κ1) is 13.6. The van der Waals surface area contributed by atoms with Crippen LogP contribution < -0.4 is 5.32 Å². The lowest BCUT2D eigenvalue weighted by Gasteiger charge is -2.14. The number of nitrogens with one attached hydrogen (secondary N) is 1. The molecular weight excluding hydrogens is 294 g/mol. The maximum atomic E-state index is 11.9. The monoisotopic (exact) mass is 311 g/mol. The highest BCUT2D eigenvalue weighted by Crippen LogP contribution is 2.22. The van der Waals surface area contributed by atoms with E-state index in [0.29, 0.717) is 6.54 Å². The van der Waals surface area contributed by atoms with Crippen molar-refractivity contribution >= 4 is 21.8 Å². The third-order valence-corrected chi connectivity index (χ3v) is 3.99. The molecule has 1 aliphatic rings. The van der Waals surface area contributed by atoms with Crippen LogP contribution in [0.1, 0.15) is 30.2 Å². The number of carbonyl (C=O) groups is 1. The molecule has 1 N–H and O–H groups in total. The van der Waals surface area contributed by atoms with Crippen LogP contribution in [0.2, 0.25) is 0 Å². The Morgan fingerprint density at radius 3 is 2.78 bits per heavy atom. The predicted molar refractivity (Wildman–Crippen MR) is 74.7 cm³/mol. The number of hydrogen-bond acceptors (Lipinski definition) is 2. The summed E-state index contributed by atoms with van der Waals surface area (Å²) < 4.78 is 5.53. The highest BCUT2D eigenvalue weighted by atomic mass is 79.9. The van der Waals surface area contributed by atoms with E-state index in [9.17, 15) is 4.79 Å². The average Bonchev–Trinajstić information content (AvgIpc) is 2.83. The Bertz CT molecular complexity index is 396. The van der Waals surface area contributed by atoms with Gasteiger partial charge in [0.1, 0.15) is 6.10 Å². The van der Waals surface area contributed by atoms with Gasteiger partial charge in [0.15, 0.2) is 0 Å². The van der Waals surface area contributed by atoms with Gasteiger partial charge >= 0.3 is 0 Å². The minimum Gasteiger partial charge on any atom is -0.365 e. The highest BCUT2D eigenvalue weighted by Gasteiger charge is 2.28. The Balaban J connectivity index is 1.79.